The van der Waals surface area contributed by atoms with Crippen LogP contribution >= 0.6 is 0 Å². The summed E-state index contributed by atoms with van der Waals surface area (Å²) in [6, 6.07) is 9.23. The molecule has 0 unspecified atom stereocenters. The molecule has 2 aliphatic rings. The van der Waals surface area contributed by atoms with Crippen LogP contribution in [0.4, 0.5) is 5.69 Å². The Balaban J connectivity index is 1.59. The summed E-state index contributed by atoms with van der Waals surface area (Å²) in [5, 5.41) is 0. The first-order valence-corrected chi connectivity index (χ1v) is 9.53. The fourth-order valence-corrected chi connectivity index (χ4v) is 3.88. The maximum Gasteiger partial charge on any atom is 0.240 e. The molecule has 2 aliphatic heterocycles. The van der Waals surface area contributed by atoms with E-state index < -0.39 is 11.0 Å². The van der Waals surface area contributed by atoms with Crippen LogP contribution in [0.5, 0.6) is 11.6 Å². The fraction of sp³-hybridized carbons (Fsp3) is 0.409. The van der Waals surface area contributed by atoms with Crippen molar-refractivity contribution in [1.82, 2.24) is 4.98 Å². The number of hydrogen-bond acceptors (Lipinski definition) is 5. The van der Waals surface area contributed by atoms with Crippen LogP contribution in [-0.4, -0.2) is 16.8 Å². The van der Waals surface area contributed by atoms with Crippen LogP contribution in [0.3, 0.4) is 0 Å². The largest absolute Gasteiger partial charge is 0.439 e. The SMILES string of the molecule is CC[C@@]1(C)CC(=O)N(c2ccc(Oc3cccc4c3C(C)(C)OC4)nc2)C1=O. The van der Waals surface area contributed by atoms with Gasteiger partial charge in [0.25, 0.3) is 0 Å². The number of fused-ring (bicyclic) bond motifs is 1. The molecule has 3 heterocycles. The molecule has 0 spiro atoms. The molecule has 0 saturated carbocycles. The Morgan fingerprint density at radius 3 is 2.61 bits per heavy atom. The monoisotopic (exact) mass is 380 g/mol. The molecule has 1 atom stereocenters. The Kier molecular flexibility index (Phi) is 4.27. The smallest absolute Gasteiger partial charge is 0.240 e. The first-order valence-electron chi connectivity index (χ1n) is 9.53. The minimum absolute atomic E-state index is 0.171. The zero-order valence-corrected chi connectivity index (χ0v) is 16.6. The number of benzene rings is 1. The lowest BCUT2D eigenvalue weighted by atomic mass is 9.86. The number of anilines is 1. The van der Waals surface area contributed by atoms with Crippen LogP contribution in [0.2, 0.25) is 0 Å². The van der Waals surface area contributed by atoms with E-state index in [1.54, 1.807) is 12.1 Å². The van der Waals surface area contributed by atoms with Gasteiger partial charge in [-0.05, 0) is 38.0 Å². The lowest BCUT2D eigenvalue weighted by Gasteiger charge is -2.21. The quantitative estimate of drug-likeness (QED) is 0.739. The number of ether oxygens (including phenoxy) is 2. The van der Waals surface area contributed by atoms with Crippen molar-refractivity contribution >= 4 is 17.5 Å². The molecule has 0 aliphatic carbocycles. The zero-order chi connectivity index (χ0) is 20.1. The number of carbonyl (C=O) groups is 2. The molecule has 2 aromatic rings. The number of nitrogens with zero attached hydrogens (tertiary/aromatic N) is 2. The molecule has 0 bridgehead atoms. The highest BCUT2D eigenvalue weighted by atomic mass is 16.5. The first-order chi connectivity index (χ1) is 13.2. The molecule has 6 nitrogen and oxygen atoms in total. The van der Waals surface area contributed by atoms with E-state index in [9.17, 15) is 9.59 Å². The molecule has 4 rings (SSSR count). The van der Waals surface area contributed by atoms with Crippen LogP contribution < -0.4 is 9.64 Å². The molecule has 146 valence electrons. The van der Waals surface area contributed by atoms with Crippen molar-refractivity contribution in [2.45, 2.75) is 52.7 Å². The Labute approximate surface area is 164 Å². The molecular formula is C22H24N2O4. The topological polar surface area (TPSA) is 68.7 Å². The van der Waals surface area contributed by atoms with Crippen molar-refractivity contribution in [3.63, 3.8) is 0 Å². The second-order valence-electron chi connectivity index (χ2n) is 8.17. The average molecular weight is 380 g/mol. The summed E-state index contributed by atoms with van der Waals surface area (Å²) in [7, 11) is 0. The normalized spacial score (nSPS) is 23.2. The Hall–Kier alpha value is -2.73. The highest BCUT2D eigenvalue weighted by molar-refractivity contribution is 6.22. The van der Waals surface area contributed by atoms with E-state index in [0.717, 1.165) is 11.1 Å². The minimum Gasteiger partial charge on any atom is -0.439 e. The Bertz CT molecular complexity index is 952. The van der Waals surface area contributed by atoms with Crippen molar-refractivity contribution < 1.29 is 19.1 Å². The van der Waals surface area contributed by atoms with Gasteiger partial charge in [0, 0.05) is 18.1 Å². The van der Waals surface area contributed by atoms with Crippen LogP contribution in [-0.2, 0) is 26.5 Å². The molecular weight excluding hydrogens is 356 g/mol. The predicted octanol–water partition coefficient (Wildman–Crippen LogP) is 4.32. The van der Waals surface area contributed by atoms with Gasteiger partial charge in [-0.3, -0.25) is 9.59 Å². The molecule has 1 fully saturated rings. The number of aromatic nitrogens is 1. The molecule has 1 saturated heterocycles. The molecule has 1 aromatic carbocycles. The molecule has 0 N–H and O–H groups in total. The van der Waals surface area contributed by atoms with E-state index in [4.69, 9.17) is 9.47 Å². The van der Waals surface area contributed by atoms with E-state index in [1.165, 1.54) is 11.1 Å². The van der Waals surface area contributed by atoms with E-state index in [2.05, 4.69) is 4.98 Å². The maximum atomic E-state index is 12.7. The summed E-state index contributed by atoms with van der Waals surface area (Å²) in [5.41, 5.74) is 1.53. The standard InChI is InChI=1S/C22H24N2O4/c1-5-22(4)11-18(25)24(20(22)26)15-9-10-17(23-12-15)28-16-8-6-7-14-13-27-21(2,3)19(14)16/h6-10,12H,5,11,13H2,1-4H3/t22-/m0/s1. The van der Waals surface area contributed by atoms with Gasteiger partial charge < -0.3 is 9.47 Å². The van der Waals surface area contributed by atoms with Gasteiger partial charge in [-0.15, -0.1) is 0 Å². The fourth-order valence-electron chi connectivity index (χ4n) is 3.88. The molecule has 2 amide bonds. The summed E-state index contributed by atoms with van der Waals surface area (Å²) >= 11 is 0. The second kappa shape index (κ2) is 6.41. The van der Waals surface area contributed by atoms with E-state index in [0.29, 0.717) is 30.3 Å². The van der Waals surface area contributed by atoms with E-state index in [-0.39, 0.29) is 18.2 Å². The van der Waals surface area contributed by atoms with Crippen LogP contribution in [0, 0.1) is 5.41 Å². The number of pyridine rings is 1. The molecule has 0 radical (unpaired) electrons. The van der Waals surface area contributed by atoms with Crippen LogP contribution in [0.15, 0.2) is 36.5 Å². The zero-order valence-electron chi connectivity index (χ0n) is 16.6. The third-order valence-corrected chi connectivity index (χ3v) is 5.79. The third kappa shape index (κ3) is 2.88. The maximum absolute atomic E-state index is 12.7. The molecule has 1 aromatic heterocycles. The lowest BCUT2D eigenvalue weighted by Crippen LogP contribution is -2.34. The van der Waals surface area contributed by atoms with Gasteiger partial charge in [0.15, 0.2) is 0 Å². The second-order valence-corrected chi connectivity index (χ2v) is 8.17. The first kappa shape index (κ1) is 18.6. The van der Waals surface area contributed by atoms with Crippen molar-refractivity contribution in [3.8, 4) is 11.6 Å². The van der Waals surface area contributed by atoms with Crippen molar-refractivity contribution in [1.29, 1.82) is 0 Å². The van der Waals surface area contributed by atoms with Crippen LogP contribution in [0.1, 0.15) is 51.7 Å². The van der Waals surface area contributed by atoms with Gasteiger partial charge in [-0.2, -0.15) is 0 Å². The van der Waals surface area contributed by atoms with Gasteiger partial charge in [-0.25, -0.2) is 9.88 Å². The van der Waals surface area contributed by atoms with Gasteiger partial charge in [0.2, 0.25) is 17.7 Å². The van der Waals surface area contributed by atoms with Crippen molar-refractivity contribution in [3.05, 3.63) is 47.7 Å². The number of rotatable bonds is 4. The summed E-state index contributed by atoms with van der Waals surface area (Å²) in [6.07, 6.45) is 2.36. The number of imide groups is 1. The number of amides is 2. The van der Waals surface area contributed by atoms with Gasteiger partial charge in [0.05, 0.1) is 29.5 Å². The average Bonchev–Trinajstić information content (AvgIpc) is 3.10. The molecule has 6 heteroatoms. The third-order valence-electron chi connectivity index (χ3n) is 5.79. The van der Waals surface area contributed by atoms with E-state index >= 15 is 0 Å². The highest BCUT2D eigenvalue weighted by Crippen LogP contribution is 2.43. The minimum atomic E-state index is -0.636. The summed E-state index contributed by atoms with van der Waals surface area (Å²) in [6.45, 7) is 8.34. The Morgan fingerprint density at radius 1 is 1.18 bits per heavy atom. The van der Waals surface area contributed by atoms with Crippen molar-refractivity contribution in [2.75, 3.05) is 4.90 Å². The number of hydrogen-bond donors (Lipinski definition) is 0. The van der Waals surface area contributed by atoms with Gasteiger partial charge in [-0.1, -0.05) is 26.0 Å². The molecule has 28 heavy (non-hydrogen) atoms. The van der Waals surface area contributed by atoms with Crippen LogP contribution in [0.25, 0.3) is 0 Å². The van der Waals surface area contributed by atoms with E-state index in [1.807, 2.05) is 45.9 Å². The predicted molar refractivity (Wildman–Crippen MR) is 104 cm³/mol. The summed E-state index contributed by atoms with van der Waals surface area (Å²) in [5.74, 6) is 0.740. The number of carbonyl (C=O) groups excluding carboxylic acids is 2. The van der Waals surface area contributed by atoms with Crippen molar-refractivity contribution in [2.24, 2.45) is 5.41 Å². The lowest BCUT2D eigenvalue weighted by molar-refractivity contribution is -0.125. The summed E-state index contributed by atoms with van der Waals surface area (Å²) < 4.78 is 11.9. The summed E-state index contributed by atoms with van der Waals surface area (Å²) in [4.78, 5) is 30.6. The van der Waals surface area contributed by atoms with Gasteiger partial charge in [0.1, 0.15) is 5.75 Å². The Morgan fingerprint density at radius 2 is 1.96 bits per heavy atom. The highest BCUT2D eigenvalue weighted by Gasteiger charge is 2.47. The van der Waals surface area contributed by atoms with Gasteiger partial charge >= 0.3 is 0 Å².